The van der Waals surface area contributed by atoms with Crippen LogP contribution in [0.1, 0.15) is 31.2 Å². The van der Waals surface area contributed by atoms with E-state index < -0.39 is 18.1 Å². The molecule has 0 heterocycles. The summed E-state index contributed by atoms with van der Waals surface area (Å²) in [5, 5.41) is 11.3. The van der Waals surface area contributed by atoms with Crippen molar-refractivity contribution >= 4 is 12.1 Å². The second kappa shape index (κ2) is 9.77. The number of nitrogens with two attached hydrogens (primary N) is 1. The molecule has 0 aliphatic rings. The molecule has 21 heavy (non-hydrogen) atoms. The lowest BCUT2D eigenvalue weighted by molar-refractivity contribution is -0.138. The van der Waals surface area contributed by atoms with Crippen molar-refractivity contribution in [1.82, 2.24) is 5.32 Å². The number of carboxylic acids is 1. The van der Waals surface area contributed by atoms with Gasteiger partial charge >= 0.3 is 12.1 Å². The monoisotopic (exact) mass is 294 g/mol. The third-order valence-electron chi connectivity index (χ3n) is 2.99. The molecule has 4 N–H and O–H groups in total. The summed E-state index contributed by atoms with van der Waals surface area (Å²) in [6.45, 7) is 0.760. The molecule has 0 aliphatic heterocycles. The smallest absolute Gasteiger partial charge is 0.407 e. The number of carboxylic acid groups (broad SMARTS) is 1. The summed E-state index contributed by atoms with van der Waals surface area (Å²) < 4.78 is 5.06. The van der Waals surface area contributed by atoms with E-state index in [0.717, 1.165) is 24.8 Å². The van der Waals surface area contributed by atoms with Crippen molar-refractivity contribution < 1.29 is 19.4 Å². The molecule has 0 radical (unpaired) electrons. The maximum absolute atomic E-state index is 11.4. The van der Waals surface area contributed by atoms with E-state index in [2.05, 4.69) is 5.32 Å². The van der Waals surface area contributed by atoms with Crippen molar-refractivity contribution in [1.29, 1.82) is 0 Å². The molecule has 1 aromatic carbocycles. The number of carbonyl (C=O) groups excluding carboxylic acids is 1. The number of benzene rings is 1. The zero-order chi connectivity index (χ0) is 15.5. The fourth-order valence-corrected chi connectivity index (χ4v) is 1.75. The van der Waals surface area contributed by atoms with E-state index in [0.29, 0.717) is 13.0 Å². The van der Waals surface area contributed by atoms with Gasteiger partial charge in [-0.2, -0.15) is 0 Å². The molecule has 0 spiro atoms. The number of ether oxygens (including phenoxy) is 1. The van der Waals surface area contributed by atoms with Gasteiger partial charge in [0.2, 0.25) is 0 Å². The maximum atomic E-state index is 11.4. The first-order chi connectivity index (χ1) is 10.1. The molecule has 0 bridgehead atoms. The molecule has 1 aromatic rings. The van der Waals surface area contributed by atoms with Crippen molar-refractivity contribution in [3.8, 4) is 0 Å². The lowest BCUT2D eigenvalue weighted by Gasteiger charge is -2.08. The molecule has 0 aliphatic carbocycles. The second-order valence-electron chi connectivity index (χ2n) is 4.78. The van der Waals surface area contributed by atoms with Crippen LogP contribution in [0.2, 0.25) is 0 Å². The fraction of sp³-hybridized carbons (Fsp3) is 0.467. The van der Waals surface area contributed by atoms with Gasteiger partial charge in [-0.05, 0) is 18.4 Å². The van der Waals surface area contributed by atoms with E-state index in [1.165, 1.54) is 0 Å². The van der Waals surface area contributed by atoms with Gasteiger partial charge in [-0.1, -0.05) is 43.2 Å². The first kappa shape index (κ1) is 17.0. The number of hydrogen-bond acceptors (Lipinski definition) is 4. The van der Waals surface area contributed by atoms with Gasteiger partial charge in [0.1, 0.15) is 12.6 Å². The van der Waals surface area contributed by atoms with E-state index in [1.807, 2.05) is 30.3 Å². The Balaban J connectivity index is 2.00. The third kappa shape index (κ3) is 7.94. The number of unbranched alkanes of at least 4 members (excludes halogenated alkanes) is 2. The van der Waals surface area contributed by atoms with Crippen LogP contribution in [0.25, 0.3) is 0 Å². The Bertz CT molecular complexity index is 437. The summed E-state index contributed by atoms with van der Waals surface area (Å²) in [6.07, 6.45) is 2.33. The van der Waals surface area contributed by atoms with Crippen LogP contribution >= 0.6 is 0 Å². The van der Waals surface area contributed by atoms with Gasteiger partial charge < -0.3 is 20.9 Å². The predicted molar refractivity (Wildman–Crippen MR) is 78.7 cm³/mol. The van der Waals surface area contributed by atoms with Crippen LogP contribution in [-0.4, -0.2) is 29.8 Å². The highest BCUT2D eigenvalue weighted by molar-refractivity contribution is 5.72. The summed E-state index contributed by atoms with van der Waals surface area (Å²) in [5.41, 5.74) is 6.33. The SMILES string of the molecule is NC(CCCCCNC(=O)OCc1ccccc1)C(=O)O. The number of alkyl carbamates (subject to hydrolysis) is 1. The molecule has 0 fully saturated rings. The third-order valence-corrected chi connectivity index (χ3v) is 2.99. The topological polar surface area (TPSA) is 102 Å². The zero-order valence-corrected chi connectivity index (χ0v) is 12.0. The zero-order valence-electron chi connectivity index (χ0n) is 12.0. The summed E-state index contributed by atoms with van der Waals surface area (Å²) in [7, 11) is 0. The average Bonchev–Trinajstić information content (AvgIpc) is 2.49. The molecular weight excluding hydrogens is 272 g/mol. The summed E-state index contributed by atoms with van der Waals surface area (Å²) >= 11 is 0. The van der Waals surface area contributed by atoms with E-state index in [9.17, 15) is 9.59 Å². The Kier molecular flexibility index (Phi) is 7.89. The van der Waals surface area contributed by atoms with Crippen LogP contribution in [0.15, 0.2) is 30.3 Å². The van der Waals surface area contributed by atoms with Gasteiger partial charge in [0.05, 0.1) is 0 Å². The van der Waals surface area contributed by atoms with Crippen molar-refractivity contribution in [2.75, 3.05) is 6.54 Å². The minimum atomic E-state index is -0.974. The van der Waals surface area contributed by atoms with Crippen molar-refractivity contribution in [2.45, 2.75) is 38.3 Å². The molecule has 6 nitrogen and oxygen atoms in total. The summed E-state index contributed by atoms with van der Waals surface area (Å²) in [5.74, 6) is -0.974. The van der Waals surface area contributed by atoms with Gasteiger partial charge in [0.15, 0.2) is 0 Å². The number of amides is 1. The molecule has 0 saturated heterocycles. The summed E-state index contributed by atoms with van der Waals surface area (Å²) in [4.78, 5) is 21.9. The number of rotatable bonds is 9. The quantitative estimate of drug-likeness (QED) is 0.604. The van der Waals surface area contributed by atoms with E-state index >= 15 is 0 Å². The number of carbonyl (C=O) groups is 2. The Morgan fingerprint density at radius 3 is 2.57 bits per heavy atom. The molecule has 1 unspecified atom stereocenters. The molecule has 0 saturated carbocycles. The number of nitrogens with one attached hydrogen (secondary N) is 1. The van der Waals surface area contributed by atoms with E-state index in [-0.39, 0.29) is 6.61 Å². The predicted octanol–water partition coefficient (Wildman–Crippen LogP) is 1.89. The molecule has 6 heteroatoms. The average molecular weight is 294 g/mol. The van der Waals surface area contributed by atoms with Crippen molar-refractivity contribution in [3.05, 3.63) is 35.9 Å². The van der Waals surface area contributed by atoms with Crippen molar-refractivity contribution in [2.24, 2.45) is 5.73 Å². The molecule has 116 valence electrons. The van der Waals surface area contributed by atoms with Crippen LogP contribution in [0.5, 0.6) is 0 Å². The Morgan fingerprint density at radius 1 is 1.19 bits per heavy atom. The van der Waals surface area contributed by atoms with Crippen molar-refractivity contribution in [3.63, 3.8) is 0 Å². The minimum Gasteiger partial charge on any atom is -0.480 e. The Labute approximate surface area is 124 Å². The summed E-state index contributed by atoms with van der Waals surface area (Å²) in [6, 6.07) is 8.66. The highest BCUT2D eigenvalue weighted by atomic mass is 16.5. The fourth-order valence-electron chi connectivity index (χ4n) is 1.75. The van der Waals surface area contributed by atoms with Gasteiger partial charge in [-0.3, -0.25) is 4.79 Å². The number of hydrogen-bond donors (Lipinski definition) is 3. The van der Waals surface area contributed by atoms with Crippen LogP contribution < -0.4 is 11.1 Å². The molecule has 1 rings (SSSR count). The van der Waals surface area contributed by atoms with Crippen LogP contribution in [0.4, 0.5) is 4.79 Å². The molecule has 0 aromatic heterocycles. The highest BCUT2D eigenvalue weighted by Crippen LogP contribution is 2.03. The lowest BCUT2D eigenvalue weighted by Crippen LogP contribution is -2.29. The van der Waals surface area contributed by atoms with Crippen LogP contribution in [-0.2, 0) is 16.1 Å². The molecule has 1 amide bonds. The van der Waals surface area contributed by atoms with Gasteiger partial charge in [-0.15, -0.1) is 0 Å². The van der Waals surface area contributed by atoms with Gasteiger partial charge in [0, 0.05) is 6.54 Å². The second-order valence-corrected chi connectivity index (χ2v) is 4.78. The highest BCUT2D eigenvalue weighted by Gasteiger charge is 2.10. The van der Waals surface area contributed by atoms with Crippen LogP contribution in [0.3, 0.4) is 0 Å². The normalized spacial score (nSPS) is 11.7. The van der Waals surface area contributed by atoms with Gasteiger partial charge in [-0.25, -0.2) is 4.79 Å². The van der Waals surface area contributed by atoms with Crippen LogP contribution in [0, 0.1) is 0 Å². The lowest BCUT2D eigenvalue weighted by atomic mass is 10.1. The Hall–Kier alpha value is -2.08. The molecular formula is C15H22N2O4. The minimum absolute atomic E-state index is 0.250. The van der Waals surface area contributed by atoms with E-state index in [1.54, 1.807) is 0 Å². The Morgan fingerprint density at radius 2 is 1.90 bits per heavy atom. The van der Waals surface area contributed by atoms with E-state index in [4.69, 9.17) is 15.6 Å². The maximum Gasteiger partial charge on any atom is 0.407 e. The molecule has 1 atom stereocenters. The first-order valence-electron chi connectivity index (χ1n) is 7.02. The standard InChI is InChI=1S/C15H22N2O4/c16-13(14(18)19)9-5-2-6-10-17-15(20)21-11-12-7-3-1-4-8-12/h1,3-4,7-8,13H,2,5-6,9-11,16H2,(H,17,20)(H,18,19). The first-order valence-corrected chi connectivity index (χ1v) is 7.02. The van der Waals surface area contributed by atoms with Gasteiger partial charge in [0.25, 0.3) is 0 Å². The largest absolute Gasteiger partial charge is 0.480 e. The number of aliphatic carboxylic acids is 1.